The summed E-state index contributed by atoms with van der Waals surface area (Å²) in [7, 11) is -3.68. The molecule has 1 aliphatic heterocycles. The monoisotopic (exact) mass is 483 g/mol. The molecule has 2 aliphatic rings. The topological polar surface area (TPSA) is 88.6 Å². The fourth-order valence-corrected chi connectivity index (χ4v) is 6.45. The van der Waals surface area contributed by atoms with Gasteiger partial charge in [-0.05, 0) is 61.1 Å². The van der Waals surface area contributed by atoms with Gasteiger partial charge in [0.05, 0.1) is 23.8 Å². The van der Waals surface area contributed by atoms with Gasteiger partial charge in [0, 0.05) is 29.6 Å². The molecule has 3 aromatic rings. The van der Waals surface area contributed by atoms with E-state index in [4.69, 9.17) is 4.74 Å². The standard InChI is InChI=1S/C24H25N3O4S2/c1-16-5-8-20(33(29,30)27-9-11-31-12-10-27)14-21(16)23(28)26-24-25-22(15-32-24)19-7-6-17-3-2-4-18(17)13-19/h5-8,13-15H,2-4,9-12H2,1H3,(H,25,26,28). The minimum absolute atomic E-state index is 0.109. The average molecular weight is 484 g/mol. The van der Waals surface area contributed by atoms with Crippen LogP contribution >= 0.6 is 11.3 Å². The minimum atomic E-state index is -3.68. The molecule has 0 spiro atoms. The van der Waals surface area contributed by atoms with Gasteiger partial charge < -0.3 is 4.74 Å². The van der Waals surface area contributed by atoms with Crippen LogP contribution in [0.5, 0.6) is 0 Å². The largest absolute Gasteiger partial charge is 0.379 e. The first-order chi connectivity index (χ1) is 15.9. The maximum Gasteiger partial charge on any atom is 0.257 e. The summed E-state index contributed by atoms with van der Waals surface area (Å²) >= 11 is 1.36. The average Bonchev–Trinajstić information content (AvgIpc) is 3.48. The van der Waals surface area contributed by atoms with E-state index in [1.165, 1.54) is 39.3 Å². The Morgan fingerprint density at radius 3 is 2.70 bits per heavy atom. The van der Waals surface area contributed by atoms with Crippen molar-refractivity contribution in [1.82, 2.24) is 9.29 Å². The molecule has 1 aliphatic carbocycles. The number of aryl methyl sites for hydroxylation is 3. The van der Waals surface area contributed by atoms with Gasteiger partial charge in [0.25, 0.3) is 5.91 Å². The third-order valence-corrected chi connectivity index (χ3v) is 8.83. The Balaban J connectivity index is 1.36. The van der Waals surface area contributed by atoms with E-state index >= 15 is 0 Å². The van der Waals surface area contributed by atoms with Gasteiger partial charge in [0.15, 0.2) is 5.13 Å². The number of carbonyl (C=O) groups is 1. The number of thiazole rings is 1. The molecular weight excluding hydrogens is 458 g/mol. The van der Waals surface area contributed by atoms with Crippen LogP contribution in [0.3, 0.4) is 0 Å². The van der Waals surface area contributed by atoms with Crippen LogP contribution in [0, 0.1) is 6.92 Å². The summed E-state index contributed by atoms with van der Waals surface area (Å²) in [6, 6.07) is 11.1. The van der Waals surface area contributed by atoms with Crippen molar-refractivity contribution in [2.24, 2.45) is 0 Å². The SMILES string of the molecule is Cc1ccc(S(=O)(=O)N2CCOCC2)cc1C(=O)Nc1nc(-c2ccc3c(c2)CCC3)cs1. The van der Waals surface area contributed by atoms with Crippen LogP contribution in [0.1, 0.15) is 33.5 Å². The third-order valence-electron chi connectivity index (χ3n) is 6.18. The Labute approximate surface area is 197 Å². The highest BCUT2D eigenvalue weighted by atomic mass is 32.2. The first-order valence-corrected chi connectivity index (χ1v) is 13.3. The van der Waals surface area contributed by atoms with Crippen LogP contribution in [0.4, 0.5) is 5.13 Å². The van der Waals surface area contributed by atoms with Gasteiger partial charge >= 0.3 is 0 Å². The number of benzene rings is 2. The molecule has 1 fully saturated rings. The van der Waals surface area contributed by atoms with Gasteiger partial charge in [-0.1, -0.05) is 18.2 Å². The highest BCUT2D eigenvalue weighted by Crippen LogP contribution is 2.30. The summed E-state index contributed by atoms with van der Waals surface area (Å²) in [5, 5.41) is 5.25. The molecular formula is C24H25N3O4S2. The molecule has 5 rings (SSSR count). The van der Waals surface area contributed by atoms with E-state index in [9.17, 15) is 13.2 Å². The van der Waals surface area contributed by atoms with Crippen molar-refractivity contribution in [2.45, 2.75) is 31.1 Å². The Bertz CT molecular complexity index is 1310. The Morgan fingerprint density at radius 1 is 1.09 bits per heavy atom. The fourth-order valence-electron chi connectivity index (χ4n) is 4.30. The molecule has 1 saturated heterocycles. The van der Waals surface area contributed by atoms with Crippen LogP contribution in [-0.4, -0.2) is 49.9 Å². The number of hydrogen-bond donors (Lipinski definition) is 1. The number of sulfonamides is 1. The molecule has 33 heavy (non-hydrogen) atoms. The van der Waals surface area contributed by atoms with Gasteiger partial charge in [0.2, 0.25) is 10.0 Å². The van der Waals surface area contributed by atoms with Crippen molar-refractivity contribution in [2.75, 3.05) is 31.6 Å². The molecule has 0 atom stereocenters. The fraction of sp³-hybridized carbons (Fsp3) is 0.333. The van der Waals surface area contributed by atoms with Crippen molar-refractivity contribution in [1.29, 1.82) is 0 Å². The number of fused-ring (bicyclic) bond motifs is 1. The van der Waals surface area contributed by atoms with Crippen LogP contribution < -0.4 is 5.32 Å². The second kappa shape index (κ2) is 8.98. The van der Waals surface area contributed by atoms with Crippen molar-refractivity contribution in [3.63, 3.8) is 0 Å². The van der Waals surface area contributed by atoms with Crippen LogP contribution in [0.2, 0.25) is 0 Å². The summed E-state index contributed by atoms with van der Waals surface area (Å²) < 4.78 is 32.7. The number of amides is 1. The number of ether oxygens (including phenoxy) is 1. The van der Waals surface area contributed by atoms with E-state index in [-0.39, 0.29) is 10.8 Å². The smallest absolute Gasteiger partial charge is 0.257 e. The van der Waals surface area contributed by atoms with Gasteiger partial charge in [-0.15, -0.1) is 11.3 Å². The zero-order chi connectivity index (χ0) is 23.0. The van der Waals surface area contributed by atoms with E-state index in [1.54, 1.807) is 19.1 Å². The van der Waals surface area contributed by atoms with Gasteiger partial charge in [-0.2, -0.15) is 4.31 Å². The molecule has 2 heterocycles. The second-order valence-electron chi connectivity index (χ2n) is 8.32. The number of carbonyl (C=O) groups excluding carboxylic acids is 1. The predicted molar refractivity (Wildman–Crippen MR) is 128 cm³/mol. The lowest BCUT2D eigenvalue weighted by molar-refractivity contribution is 0.0730. The Kier molecular flexibility index (Phi) is 6.05. The maximum absolute atomic E-state index is 13.0. The van der Waals surface area contributed by atoms with E-state index in [2.05, 4.69) is 28.5 Å². The summed E-state index contributed by atoms with van der Waals surface area (Å²) in [6.07, 6.45) is 3.42. The van der Waals surface area contributed by atoms with Crippen molar-refractivity contribution >= 4 is 32.4 Å². The first-order valence-electron chi connectivity index (χ1n) is 11.0. The number of rotatable bonds is 5. The van der Waals surface area contributed by atoms with Gasteiger partial charge in [-0.3, -0.25) is 10.1 Å². The molecule has 1 N–H and O–H groups in total. The molecule has 0 radical (unpaired) electrons. The molecule has 0 saturated carbocycles. The number of aromatic nitrogens is 1. The lowest BCUT2D eigenvalue weighted by Gasteiger charge is -2.26. The lowest BCUT2D eigenvalue weighted by atomic mass is 10.1. The normalized spacial score (nSPS) is 16.5. The van der Waals surface area contributed by atoms with Gasteiger partial charge in [0.1, 0.15) is 0 Å². The van der Waals surface area contributed by atoms with E-state index in [0.717, 1.165) is 24.1 Å². The number of nitrogens with zero attached hydrogens (tertiary/aromatic N) is 2. The molecule has 7 nitrogen and oxygen atoms in total. The van der Waals surface area contributed by atoms with Crippen LogP contribution in [0.25, 0.3) is 11.3 Å². The number of anilines is 1. The van der Waals surface area contributed by atoms with Crippen molar-refractivity contribution < 1.29 is 17.9 Å². The molecule has 0 bridgehead atoms. The summed E-state index contributed by atoms with van der Waals surface area (Å²) in [6.45, 7) is 3.15. The van der Waals surface area contributed by atoms with E-state index in [0.29, 0.717) is 42.6 Å². The number of hydrogen-bond acceptors (Lipinski definition) is 6. The Morgan fingerprint density at radius 2 is 1.88 bits per heavy atom. The van der Waals surface area contributed by atoms with E-state index < -0.39 is 10.0 Å². The molecule has 172 valence electrons. The summed E-state index contributed by atoms with van der Waals surface area (Å²) in [5.74, 6) is -0.374. The molecule has 1 aromatic heterocycles. The first kappa shape index (κ1) is 22.2. The molecule has 0 unspecified atom stereocenters. The highest BCUT2D eigenvalue weighted by molar-refractivity contribution is 7.89. The highest BCUT2D eigenvalue weighted by Gasteiger charge is 2.27. The lowest BCUT2D eigenvalue weighted by Crippen LogP contribution is -2.40. The predicted octanol–water partition coefficient (Wildman–Crippen LogP) is 3.88. The Hall–Kier alpha value is -2.59. The zero-order valence-electron chi connectivity index (χ0n) is 18.3. The number of nitrogens with one attached hydrogen (secondary N) is 1. The van der Waals surface area contributed by atoms with Crippen LogP contribution in [0.15, 0.2) is 46.7 Å². The van der Waals surface area contributed by atoms with Crippen LogP contribution in [-0.2, 0) is 27.6 Å². The third kappa shape index (κ3) is 4.46. The second-order valence-corrected chi connectivity index (χ2v) is 11.1. The summed E-state index contributed by atoms with van der Waals surface area (Å²) in [4.78, 5) is 17.7. The molecule has 1 amide bonds. The van der Waals surface area contributed by atoms with Gasteiger partial charge in [-0.25, -0.2) is 13.4 Å². The zero-order valence-corrected chi connectivity index (χ0v) is 20.0. The van der Waals surface area contributed by atoms with E-state index in [1.807, 2.05) is 5.38 Å². The quantitative estimate of drug-likeness (QED) is 0.595. The van der Waals surface area contributed by atoms with Crippen molar-refractivity contribution in [3.8, 4) is 11.3 Å². The summed E-state index contributed by atoms with van der Waals surface area (Å²) in [5.41, 5.74) is 5.67. The molecule has 2 aromatic carbocycles. The van der Waals surface area contributed by atoms with Crippen molar-refractivity contribution in [3.05, 3.63) is 64.0 Å². The molecule has 9 heteroatoms. The minimum Gasteiger partial charge on any atom is -0.379 e. The number of morpholine rings is 1. The maximum atomic E-state index is 13.0.